The highest BCUT2D eigenvalue weighted by Gasteiger charge is 2.30. The van der Waals surface area contributed by atoms with Crippen LogP contribution in [0.3, 0.4) is 0 Å². The molecule has 110 valence electrons. The molecular weight excluding hydrogens is 250 g/mol. The number of benzene rings is 1. The Kier molecular flexibility index (Phi) is 5.05. The summed E-state index contributed by atoms with van der Waals surface area (Å²) in [7, 11) is 4.15. The van der Waals surface area contributed by atoms with Gasteiger partial charge < -0.3 is 9.64 Å². The van der Waals surface area contributed by atoms with Crippen molar-refractivity contribution in [2.75, 3.05) is 25.6 Å². The van der Waals surface area contributed by atoms with Gasteiger partial charge in [0.15, 0.2) is 0 Å². The predicted molar refractivity (Wildman–Crippen MR) is 82.1 cm³/mol. The summed E-state index contributed by atoms with van der Waals surface area (Å²) >= 11 is 0. The second-order valence-corrected chi connectivity index (χ2v) is 5.77. The fourth-order valence-electron chi connectivity index (χ4n) is 3.19. The molecule has 20 heavy (non-hydrogen) atoms. The Bertz CT molecular complexity index is 456. The number of ether oxygens (including phenoxy) is 1. The summed E-state index contributed by atoms with van der Waals surface area (Å²) in [5.41, 5.74) is 2.63. The van der Waals surface area contributed by atoms with Gasteiger partial charge in [-0.2, -0.15) is 0 Å². The van der Waals surface area contributed by atoms with Crippen molar-refractivity contribution in [3.8, 4) is 0 Å². The first-order valence-corrected chi connectivity index (χ1v) is 7.56. The van der Waals surface area contributed by atoms with Crippen molar-refractivity contribution in [1.29, 1.82) is 0 Å². The van der Waals surface area contributed by atoms with Gasteiger partial charge >= 0.3 is 5.97 Å². The zero-order valence-electron chi connectivity index (χ0n) is 12.8. The lowest BCUT2D eigenvalue weighted by molar-refractivity contribution is -0.149. The first-order chi connectivity index (χ1) is 9.63. The minimum atomic E-state index is -0.0143. The van der Waals surface area contributed by atoms with E-state index in [1.165, 1.54) is 17.7 Å². The molecule has 0 saturated heterocycles. The Labute approximate surface area is 121 Å². The lowest BCUT2D eigenvalue weighted by atomic mass is 9.77. The number of esters is 1. The molecule has 0 amide bonds. The van der Waals surface area contributed by atoms with Crippen molar-refractivity contribution >= 4 is 11.7 Å². The van der Waals surface area contributed by atoms with Gasteiger partial charge in [-0.1, -0.05) is 24.6 Å². The molecule has 0 spiro atoms. The normalized spacial score (nSPS) is 22.4. The predicted octanol–water partition coefficient (Wildman–Crippen LogP) is 3.59. The molecule has 2 atom stereocenters. The molecule has 1 aromatic rings. The minimum Gasteiger partial charge on any atom is -0.466 e. The minimum absolute atomic E-state index is 0.0143. The van der Waals surface area contributed by atoms with Crippen LogP contribution in [0, 0.1) is 5.92 Å². The lowest BCUT2D eigenvalue weighted by Gasteiger charge is -2.30. The Morgan fingerprint density at radius 1 is 1.30 bits per heavy atom. The molecule has 1 aliphatic carbocycles. The number of hydrogen-bond donors (Lipinski definition) is 0. The van der Waals surface area contributed by atoms with Crippen LogP contribution < -0.4 is 4.90 Å². The topological polar surface area (TPSA) is 29.5 Å². The number of anilines is 1. The molecule has 0 heterocycles. The molecule has 1 saturated carbocycles. The fourth-order valence-corrected chi connectivity index (χ4v) is 3.19. The van der Waals surface area contributed by atoms with Crippen LogP contribution in [-0.2, 0) is 9.53 Å². The molecular formula is C17H25NO2. The fraction of sp³-hybridized carbons (Fsp3) is 0.588. The summed E-state index contributed by atoms with van der Waals surface area (Å²) in [5.74, 6) is 0.528. The molecule has 0 aliphatic heterocycles. The molecule has 0 aromatic heterocycles. The number of rotatable bonds is 4. The third kappa shape index (κ3) is 3.33. The molecule has 3 heteroatoms. The molecule has 2 rings (SSSR count). The second kappa shape index (κ2) is 6.78. The maximum absolute atomic E-state index is 12.0. The van der Waals surface area contributed by atoms with E-state index in [0.29, 0.717) is 12.5 Å². The monoisotopic (exact) mass is 275 g/mol. The maximum atomic E-state index is 12.0. The van der Waals surface area contributed by atoms with E-state index in [4.69, 9.17) is 4.74 Å². The molecule has 0 N–H and O–H groups in total. The molecule has 0 bridgehead atoms. The molecule has 0 radical (unpaired) electrons. The van der Waals surface area contributed by atoms with Gasteiger partial charge in [0.1, 0.15) is 0 Å². The van der Waals surface area contributed by atoms with E-state index in [1.54, 1.807) is 0 Å². The van der Waals surface area contributed by atoms with Gasteiger partial charge in [0.2, 0.25) is 0 Å². The van der Waals surface area contributed by atoms with E-state index < -0.39 is 0 Å². The zero-order chi connectivity index (χ0) is 14.5. The number of hydrogen-bond acceptors (Lipinski definition) is 3. The maximum Gasteiger partial charge on any atom is 0.308 e. The Balaban J connectivity index is 2.15. The second-order valence-electron chi connectivity index (χ2n) is 5.77. The number of nitrogens with zero attached hydrogens (tertiary/aromatic N) is 1. The van der Waals surface area contributed by atoms with Crippen molar-refractivity contribution in [1.82, 2.24) is 0 Å². The van der Waals surface area contributed by atoms with Crippen molar-refractivity contribution in [2.24, 2.45) is 5.92 Å². The lowest BCUT2D eigenvalue weighted by Crippen LogP contribution is -2.25. The summed E-state index contributed by atoms with van der Waals surface area (Å²) in [5, 5.41) is 0. The van der Waals surface area contributed by atoms with E-state index >= 15 is 0 Å². The SMILES string of the molecule is CCOC(=O)[C@H]1CCC[C@H](c2ccccc2N(C)C)C1. The van der Waals surface area contributed by atoms with Crippen LogP contribution in [0.15, 0.2) is 24.3 Å². The standard InChI is InChI=1S/C17H25NO2/c1-4-20-17(19)14-9-7-8-13(12-14)15-10-5-6-11-16(15)18(2)3/h5-6,10-11,13-14H,4,7-9,12H2,1-3H3/t13-,14-/m0/s1. The highest BCUT2D eigenvalue weighted by atomic mass is 16.5. The van der Waals surface area contributed by atoms with Crippen molar-refractivity contribution in [2.45, 2.75) is 38.5 Å². The average molecular weight is 275 g/mol. The van der Waals surface area contributed by atoms with Gasteiger partial charge in [-0.3, -0.25) is 4.79 Å². The van der Waals surface area contributed by atoms with Gasteiger partial charge in [0.05, 0.1) is 12.5 Å². The average Bonchev–Trinajstić information content (AvgIpc) is 2.47. The zero-order valence-corrected chi connectivity index (χ0v) is 12.8. The summed E-state index contributed by atoms with van der Waals surface area (Å²) in [4.78, 5) is 14.1. The third-order valence-electron chi connectivity index (χ3n) is 4.15. The summed E-state index contributed by atoms with van der Waals surface area (Å²) in [6.07, 6.45) is 4.17. The van der Waals surface area contributed by atoms with Crippen molar-refractivity contribution in [3.05, 3.63) is 29.8 Å². The summed E-state index contributed by atoms with van der Waals surface area (Å²) < 4.78 is 5.19. The largest absolute Gasteiger partial charge is 0.466 e. The molecule has 1 aromatic carbocycles. The molecule has 1 fully saturated rings. The summed E-state index contributed by atoms with van der Waals surface area (Å²) in [6.45, 7) is 2.35. The Hall–Kier alpha value is -1.51. The first kappa shape index (κ1) is 14.9. The van der Waals surface area contributed by atoms with E-state index in [9.17, 15) is 4.79 Å². The number of para-hydroxylation sites is 1. The number of carbonyl (C=O) groups is 1. The molecule has 1 aliphatic rings. The van der Waals surface area contributed by atoms with Crippen LogP contribution >= 0.6 is 0 Å². The van der Waals surface area contributed by atoms with Crippen LogP contribution in [0.5, 0.6) is 0 Å². The van der Waals surface area contributed by atoms with Crippen LogP contribution in [0.4, 0.5) is 5.69 Å². The first-order valence-electron chi connectivity index (χ1n) is 7.56. The molecule has 3 nitrogen and oxygen atoms in total. The van der Waals surface area contributed by atoms with E-state index in [-0.39, 0.29) is 11.9 Å². The Morgan fingerprint density at radius 3 is 2.75 bits per heavy atom. The smallest absolute Gasteiger partial charge is 0.308 e. The van der Waals surface area contributed by atoms with Crippen LogP contribution in [0.25, 0.3) is 0 Å². The number of carbonyl (C=O) groups excluding carboxylic acids is 1. The Morgan fingerprint density at radius 2 is 2.05 bits per heavy atom. The molecule has 0 unspecified atom stereocenters. The van der Waals surface area contributed by atoms with Gasteiger partial charge in [-0.25, -0.2) is 0 Å². The third-order valence-corrected chi connectivity index (χ3v) is 4.15. The van der Waals surface area contributed by atoms with Crippen molar-refractivity contribution in [3.63, 3.8) is 0 Å². The summed E-state index contributed by atoms with van der Waals surface area (Å²) in [6, 6.07) is 8.53. The highest BCUT2D eigenvalue weighted by molar-refractivity contribution is 5.72. The highest BCUT2D eigenvalue weighted by Crippen LogP contribution is 2.40. The van der Waals surface area contributed by atoms with Crippen LogP contribution in [0.1, 0.15) is 44.1 Å². The van der Waals surface area contributed by atoms with Crippen LogP contribution in [0.2, 0.25) is 0 Å². The van der Waals surface area contributed by atoms with E-state index in [0.717, 1.165) is 19.3 Å². The van der Waals surface area contributed by atoms with Gasteiger partial charge in [0, 0.05) is 19.8 Å². The van der Waals surface area contributed by atoms with Gasteiger partial charge in [0.25, 0.3) is 0 Å². The van der Waals surface area contributed by atoms with Crippen molar-refractivity contribution < 1.29 is 9.53 Å². The van der Waals surface area contributed by atoms with E-state index in [2.05, 4.69) is 43.3 Å². The van der Waals surface area contributed by atoms with E-state index in [1.807, 2.05) is 6.92 Å². The quantitative estimate of drug-likeness (QED) is 0.786. The van der Waals surface area contributed by atoms with Gasteiger partial charge in [-0.05, 0) is 43.7 Å². The van der Waals surface area contributed by atoms with Gasteiger partial charge in [-0.15, -0.1) is 0 Å². The van der Waals surface area contributed by atoms with Crippen LogP contribution in [-0.4, -0.2) is 26.7 Å².